The van der Waals surface area contributed by atoms with Gasteiger partial charge in [0, 0.05) is 60.0 Å². The number of aryl methyl sites for hydroxylation is 1. The first-order valence-corrected chi connectivity index (χ1v) is 11.7. The van der Waals surface area contributed by atoms with Crippen molar-refractivity contribution in [2.24, 2.45) is 5.92 Å². The summed E-state index contributed by atoms with van der Waals surface area (Å²) in [5, 5.41) is 4.05. The predicted molar refractivity (Wildman–Crippen MR) is 118 cm³/mol. The second-order valence-corrected chi connectivity index (χ2v) is 10.2. The number of benzene rings is 1. The molecule has 1 aromatic carbocycles. The number of piperidine rings is 1. The second kappa shape index (κ2) is 7.78. The molecule has 1 aliphatic carbocycles. The molecule has 7 heteroatoms. The minimum Gasteiger partial charge on any atom is -0.337 e. The van der Waals surface area contributed by atoms with Crippen LogP contribution in [0.3, 0.4) is 0 Å². The molecule has 2 aliphatic heterocycles. The van der Waals surface area contributed by atoms with Crippen LogP contribution < -0.4 is 5.32 Å². The van der Waals surface area contributed by atoms with Gasteiger partial charge in [-0.3, -0.25) is 14.5 Å². The molecule has 3 fully saturated rings. The van der Waals surface area contributed by atoms with Crippen LogP contribution in [0.2, 0.25) is 0 Å². The first-order valence-electron chi connectivity index (χ1n) is 10.9. The van der Waals surface area contributed by atoms with Crippen molar-refractivity contribution in [2.45, 2.75) is 51.1 Å². The Bertz CT molecular complexity index is 952. The monoisotopic (exact) mass is 424 g/mol. The Morgan fingerprint density at radius 1 is 1.20 bits per heavy atom. The highest BCUT2D eigenvalue weighted by Crippen LogP contribution is 2.40. The largest absolute Gasteiger partial charge is 0.337 e. The Balaban J connectivity index is 1.23. The van der Waals surface area contributed by atoms with Crippen LogP contribution in [-0.4, -0.2) is 51.8 Å². The molecule has 1 N–H and O–H groups in total. The minimum absolute atomic E-state index is 0.0910. The van der Waals surface area contributed by atoms with Gasteiger partial charge in [-0.25, -0.2) is 4.98 Å². The number of rotatable bonds is 5. The van der Waals surface area contributed by atoms with Crippen molar-refractivity contribution in [3.63, 3.8) is 0 Å². The van der Waals surface area contributed by atoms with Gasteiger partial charge in [0.05, 0.1) is 5.01 Å². The van der Waals surface area contributed by atoms with Gasteiger partial charge >= 0.3 is 0 Å². The van der Waals surface area contributed by atoms with E-state index in [0.717, 1.165) is 69.0 Å². The standard InChI is InChI=1S/C23H28N4O2S/c1-16-24-13-20(30-16)14-27-12-10-23(27)9-2-11-26(15-23)22(29)18-5-7-19(8-6-18)25-21(28)17-3-4-17/h5-8,13,17H,2-4,9-12,14-15H2,1H3,(H,25,28)/t23-/m0/s1. The summed E-state index contributed by atoms with van der Waals surface area (Å²) in [6.45, 7) is 5.68. The van der Waals surface area contributed by atoms with Crippen molar-refractivity contribution in [1.82, 2.24) is 14.8 Å². The molecule has 1 saturated carbocycles. The number of nitrogens with zero attached hydrogens (tertiary/aromatic N) is 3. The number of hydrogen-bond donors (Lipinski definition) is 1. The van der Waals surface area contributed by atoms with Gasteiger partial charge in [0.1, 0.15) is 0 Å². The maximum Gasteiger partial charge on any atom is 0.253 e. The maximum atomic E-state index is 13.2. The van der Waals surface area contributed by atoms with E-state index in [1.807, 2.05) is 42.3 Å². The Kier molecular flexibility index (Phi) is 5.11. The molecule has 0 unspecified atom stereocenters. The molecule has 30 heavy (non-hydrogen) atoms. The summed E-state index contributed by atoms with van der Waals surface area (Å²) in [5.41, 5.74) is 1.58. The van der Waals surface area contributed by atoms with Gasteiger partial charge in [-0.15, -0.1) is 11.3 Å². The van der Waals surface area contributed by atoms with Crippen LogP contribution in [0.4, 0.5) is 5.69 Å². The van der Waals surface area contributed by atoms with Gasteiger partial charge < -0.3 is 10.2 Å². The molecule has 3 heterocycles. The minimum atomic E-state index is 0.0910. The molecular formula is C23H28N4O2S. The van der Waals surface area contributed by atoms with Crippen molar-refractivity contribution in [2.75, 3.05) is 25.0 Å². The molecule has 1 atom stereocenters. The van der Waals surface area contributed by atoms with Crippen LogP contribution in [0.1, 0.15) is 52.3 Å². The summed E-state index contributed by atoms with van der Waals surface area (Å²) in [5.74, 6) is 0.359. The Morgan fingerprint density at radius 3 is 2.63 bits per heavy atom. The van der Waals surface area contributed by atoms with Gasteiger partial charge in [-0.05, 0) is 63.3 Å². The third kappa shape index (κ3) is 3.88. The van der Waals surface area contributed by atoms with Crippen molar-refractivity contribution in [3.8, 4) is 0 Å². The van der Waals surface area contributed by atoms with Crippen molar-refractivity contribution in [1.29, 1.82) is 0 Å². The number of anilines is 1. The van der Waals surface area contributed by atoms with E-state index in [1.54, 1.807) is 11.3 Å². The third-order valence-corrected chi connectivity index (χ3v) is 7.62. The molecule has 1 aromatic heterocycles. The molecule has 3 aliphatic rings. The molecule has 5 rings (SSSR count). The summed E-state index contributed by atoms with van der Waals surface area (Å²) in [6, 6.07) is 7.36. The molecule has 1 spiro atoms. The first-order chi connectivity index (χ1) is 14.5. The van der Waals surface area contributed by atoms with E-state index < -0.39 is 0 Å². The molecule has 2 aromatic rings. The zero-order chi connectivity index (χ0) is 20.7. The number of thiazole rings is 1. The van der Waals surface area contributed by atoms with Crippen LogP contribution in [-0.2, 0) is 11.3 Å². The quantitative estimate of drug-likeness (QED) is 0.795. The zero-order valence-corrected chi connectivity index (χ0v) is 18.2. The van der Waals surface area contributed by atoms with Crippen LogP contribution in [0, 0.1) is 12.8 Å². The third-order valence-electron chi connectivity index (χ3n) is 6.72. The maximum absolute atomic E-state index is 13.2. The van der Waals surface area contributed by atoms with E-state index >= 15 is 0 Å². The average Bonchev–Trinajstić information content (AvgIpc) is 3.53. The fourth-order valence-electron chi connectivity index (χ4n) is 4.72. The fourth-order valence-corrected chi connectivity index (χ4v) is 5.53. The summed E-state index contributed by atoms with van der Waals surface area (Å²) in [7, 11) is 0. The van der Waals surface area contributed by atoms with Crippen molar-refractivity contribution < 1.29 is 9.59 Å². The lowest BCUT2D eigenvalue weighted by molar-refractivity contribution is -0.117. The Labute approximate surface area is 181 Å². The van der Waals surface area contributed by atoms with Crippen LogP contribution in [0.5, 0.6) is 0 Å². The fraction of sp³-hybridized carbons (Fsp3) is 0.522. The van der Waals surface area contributed by atoms with E-state index in [9.17, 15) is 9.59 Å². The molecule has 2 saturated heterocycles. The lowest BCUT2D eigenvalue weighted by Gasteiger charge is -2.57. The summed E-state index contributed by atoms with van der Waals surface area (Å²) in [6.07, 6.45) is 7.31. The van der Waals surface area contributed by atoms with Gasteiger partial charge in [-0.1, -0.05) is 0 Å². The number of aromatic nitrogens is 1. The van der Waals surface area contributed by atoms with Gasteiger partial charge in [-0.2, -0.15) is 0 Å². The highest BCUT2D eigenvalue weighted by Gasteiger charge is 2.48. The van der Waals surface area contributed by atoms with E-state index in [0.29, 0.717) is 5.56 Å². The molecule has 158 valence electrons. The number of carbonyl (C=O) groups excluding carboxylic acids is 2. The second-order valence-electron chi connectivity index (χ2n) is 8.91. The number of carbonyl (C=O) groups is 2. The van der Waals surface area contributed by atoms with Crippen molar-refractivity contribution in [3.05, 3.63) is 45.9 Å². The summed E-state index contributed by atoms with van der Waals surface area (Å²) >= 11 is 1.76. The van der Waals surface area contributed by atoms with Gasteiger partial charge in [0.25, 0.3) is 5.91 Å². The summed E-state index contributed by atoms with van der Waals surface area (Å²) < 4.78 is 0. The number of amides is 2. The van der Waals surface area contributed by atoms with Crippen LogP contribution in [0.25, 0.3) is 0 Å². The summed E-state index contributed by atoms with van der Waals surface area (Å²) in [4.78, 5) is 35.3. The van der Waals surface area contributed by atoms with E-state index in [1.165, 1.54) is 4.88 Å². The van der Waals surface area contributed by atoms with Crippen LogP contribution in [0.15, 0.2) is 30.5 Å². The van der Waals surface area contributed by atoms with Crippen LogP contribution >= 0.6 is 11.3 Å². The topological polar surface area (TPSA) is 65.5 Å². The normalized spacial score (nSPS) is 24.0. The number of nitrogens with one attached hydrogen (secondary N) is 1. The Hall–Kier alpha value is -2.25. The van der Waals surface area contributed by atoms with Gasteiger partial charge in [0.2, 0.25) is 5.91 Å². The Morgan fingerprint density at radius 2 is 2.00 bits per heavy atom. The highest BCUT2D eigenvalue weighted by atomic mass is 32.1. The number of likely N-dealkylation sites (tertiary alicyclic amines) is 2. The predicted octanol–water partition coefficient (Wildman–Crippen LogP) is 3.68. The molecular weight excluding hydrogens is 396 g/mol. The smallest absolute Gasteiger partial charge is 0.253 e. The molecule has 0 bridgehead atoms. The van der Waals surface area contributed by atoms with E-state index in [-0.39, 0.29) is 23.3 Å². The first kappa shape index (κ1) is 19.7. The van der Waals surface area contributed by atoms with Gasteiger partial charge in [0.15, 0.2) is 0 Å². The lowest BCUT2D eigenvalue weighted by Crippen LogP contribution is -2.66. The molecule has 0 radical (unpaired) electrons. The highest BCUT2D eigenvalue weighted by molar-refractivity contribution is 7.11. The SMILES string of the molecule is Cc1ncc(CN2CC[C@]23CCCN(C(=O)c2ccc(NC(=O)C4CC4)cc2)C3)s1. The zero-order valence-electron chi connectivity index (χ0n) is 17.4. The van der Waals surface area contributed by atoms with E-state index in [2.05, 4.69) is 15.2 Å². The van der Waals surface area contributed by atoms with Crippen molar-refractivity contribution >= 4 is 28.8 Å². The van der Waals surface area contributed by atoms with E-state index in [4.69, 9.17) is 0 Å². The molecule has 6 nitrogen and oxygen atoms in total. The number of hydrogen-bond acceptors (Lipinski definition) is 5. The average molecular weight is 425 g/mol. The lowest BCUT2D eigenvalue weighted by atomic mass is 9.77. The molecule has 2 amide bonds.